The molecule has 0 bridgehead atoms. The summed E-state index contributed by atoms with van der Waals surface area (Å²) in [6, 6.07) is 0. The maximum absolute atomic E-state index is 12.4. The molecular weight excluding hydrogens is 813 g/mol. The Hall–Kier alpha value is -1.62. The van der Waals surface area contributed by atoms with Crippen LogP contribution in [-0.2, 0) is 18.9 Å². The Labute approximate surface area is 404 Å². The maximum Gasteiger partial charge on any atom is 0.407 e. The third-order valence-electron chi connectivity index (χ3n) is 13.5. The molecule has 388 valence electrons. The number of ether oxygens (including phenoxy) is 4. The number of hydrogen-bond donors (Lipinski definition) is 2. The first-order chi connectivity index (χ1) is 31.2. The zero-order chi connectivity index (χ0) is 48.2. The highest BCUT2D eigenvalue weighted by atomic mass is 16.6. The molecule has 0 saturated carbocycles. The van der Waals surface area contributed by atoms with Crippen molar-refractivity contribution >= 4 is 12.2 Å². The summed E-state index contributed by atoms with van der Waals surface area (Å²) in [4.78, 5) is 24.6. The van der Waals surface area contributed by atoms with E-state index in [1.165, 1.54) is 193 Å². The number of alkyl carbamates (subject to hydrolysis) is 2. The van der Waals surface area contributed by atoms with Crippen molar-refractivity contribution in [2.45, 2.75) is 227 Å². The second-order valence-electron chi connectivity index (χ2n) is 22.0. The number of carbonyl (C=O) groups excluding carboxylic acids is 2. The SMILES string of the molecule is CCCCCCCCCCCCCCCC[N+](C)(C)CCOCCOC(=O)NCC(C)CCC(C)(C)CNC(=O)OCCOCC[N+](C)(C)CCCCCCCCCCCCCCCC. The van der Waals surface area contributed by atoms with Crippen LogP contribution in [0.4, 0.5) is 9.59 Å². The van der Waals surface area contributed by atoms with Crippen LogP contribution >= 0.6 is 0 Å². The van der Waals surface area contributed by atoms with E-state index in [1.54, 1.807) is 0 Å². The minimum Gasteiger partial charge on any atom is -0.447 e. The normalized spacial score (nSPS) is 12.7. The molecule has 0 heterocycles. The number of quaternary nitrogens is 2. The number of nitrogens with zero attached hydrogens (tertiary/aromatic N) is 2. The van der Waals surface area contributed by atoms with Crippen molar-refractivity contribution in [1.29, 1.82) is 0 Å². The summed E-state index contributed by atoms with van der Waals surface area (Å²) in [5, 5.41) is 5.82. The Morgan fingerprint density at radius 3 is 1.12 bits per heavy atom. The molecular formula is C55H114N4O6+2. The molecule has 0 radical (unpaired) electrons. The monoisotopic (exact) mass is 927 g/mol. The summed E-state index contributed by atoms with van der Waals surface area (Å²) in [5.41, 5.74) is -0.0997. The van der Waals surface area contributed by atoms with E-state index in [9.17, 15) is 9.59 Å². The van der Waals surface area contributed by atoms with Crippen LogP contribution in [0.1, 0.15) is 227 Å². The van der Waals surface area contributed by atoms with Gasteiger partial charge in [0, 0.05) is 13.1 Å². The molecule has 0 aliphatic carbocycles. The van der Waals surface area contributed by atoms with Crippen LogP contribution in [0.15, 0.2) is 0 Å². The first-order valence-corrected chi connectivity index (χ1v) is 27.8. The van der Waals surface area contributed by atoms with Crippen molar-refractivity contribution < 1.29 is 37.5 Å². The number of carbonyl (C=O) groups is 2. The lowest BCUT2D eigenvalue weighted by atomic mass is 9.85. The molecule has 0 rings (SSSR count). The molecule has 1 unspecified atom stereocenters. The van der Waals surface area contributed by atoms with Crippen LogP contribution < -0.4 is 10.6 Å². The molecule has 0 aromatic heterocycles. The number of hydrogen-bond acceptors (Lipinski definition) is 6. The molecule has 2 N–H and O–H groups in total. The number of rotatable bonds is 49. The minimum absolute atomic E-state index is 0.0997. The summed E-state index contributed by atoms with van der Waals surface area (Å²) in [7, 11) is 9.12. The van der Waals surface area contributed by atoms with Crippen LogP contribution in [0.5, 0.6) is 0 Å². The van der Waals surface area contributed by atoms with Crippen LogP contribution in [0, 0.1) is 11.3 Å². The molecule has 0 aromatic rings. The number of likely N-dealkylation sites (N-methyl/N-ethyl adjacent to an activating group) is 2. The van der Waals surface area contributed by atoms with Gasteiger partial charge in [-0.1, -0.05) is 189 Å². The molecule has 0 saturated heterocycles. The summed E-state index contributed by atoms with van der Waals surface area (Å²) < 4.78 is 24.3. The molecule has 0 spiro atoms. The van der Waals surface area contributed by atoms with Crippen LogP contribution in [0.25, 0.3) is 0 Å². The molecule has 10 heteroatoms. The van der Waals surface area contributed by atoms with Gasteiger partial charge in [-0.05, 0) is 49.9 Å². The Morgan fingerprint density at radius 1 is 0.446 bits per heavy atom. The van der Waals surface area contributed by atoms with Crippen LogP contribution in [0.3, 0.4) is 0 Å². The quantitative estimate of drug-likeness (QED) is 0.0466. The fourth-order valence-corrected chi connectivity index (χ4v) is 8.41. The summed E-state index contributed by atoms with van der Waals surface area (Å²) >= 11 is 0. The second kappa shape index (κ2) is 43.6. The van der Waals surface area contributed by atoms with E-state index in [0.29, 0.717) is 39.5 Å². The Morgan fingerprint density at radius 2 is 0.769 bits per heavy atom. The average Bonchev–Trinajstić information content (AvgIpc) is 3.26. The molecule has 1 atom stereocenters. The highest BCUT2D eigenvalue weighted by Crippen LogP contribution is 2.24. The zero-order valence-corrected chi connectivity index (χ0v) is 45.1. The van der Waals surface area contributed by atoms with E-state index < -0.39 is 12.2 Å². The van der Waals surface area contributed by atoms with E-state index in [2.05, 4.69) is 73.4 Å². The van der Waals surface area contributed by atoms with Crippen molar-refractivity contribution in [3.8, 4) is 0 Å². The average molecular weight is 928 g/mol. The zero-order valence-electron chi connectivity index (χ0n) is 45.1. The van der Waals surface area contributed by atoms with E-state index >= 15 is 0 Å². The first-order valence-electron chi connectivity index (χ1n) is 27.8. The molecule has 65 heavy (non-hydrogen) atoms. The van der Waals surface area contributed by atoms with Crippen molar-refractivity contribution in [3.63, 3.8) is 0 Å². The smallest absolute Gasteiger partial charge is 0.407 e. The van der Waals surface area contributed by atoms with Gasteiger partial charge in [-0.3, -0.25) is 0 Å². The molecule has 0 fully saturated rings. The summed E-state index contributed by atoms with van der Waals surface area (Å²) in [6.45, 7) is 19.0. The van der Waals surface area contributed by atoms with Crippen molar-refractivity contribution in [1.82, 2.24) is 10.6 Å². The van der Waals surface area contributed by atoms with Crippen LogP contribution in [-0.4, -0.2) is 128 Å². The Balaban J connectivity index is 3.76. The van der Waals surface area contributed by atoms with Gasteiger partial charge in [0.25, 0.3) is 0 Å². The van der Waals surface area contributed by atoms with Crippen molar-refractivity contribution in [3.05, 3.63) is 0 Å². The molecule has 2 amide bonds. The maximum atomic E-state index is 12.4. The molecule has 0 aliphatic heterocycles. The van der Waals surface area contributed by atoms with E-state index in [4.69, 9.17) is 18.9 Å². The Bertz CT molecular complexity index is 1060. The van der Waals surface area contributed by atoms with Gasteiger partial charge in [-0.2, -0.15) is 0 Å². The van der Waals surface area contributed by atoms with Crippen LogP contribution in [0.2, 0.25) is 0 Å². The Kier molecular flexibility index (Phi) is 42.6. The molecule has 10 nitrogen and oxygen atoms in total. The third kappa shape index (κ3) is 47.2. The lowest BCUT2D eigenvalue weighted by Gasteiger charge is -2.29. The van der Waals surface area contributed by atoms with Gasteiger partial charge >= 0.3 is 12.2 Å². The van der Waals surface area contributed by atoms with Gasteiger partial charge in [0.05, 0.1) is 67.7 Å². The second-order valence-corrected chi connectivity index (χ2v) is 22.0. The highest BCUT2D eigenvalue weighted by molar-refractivity contribution is 5.67. The van der Waals surface area contributed by atoms with Crippen molar-refractivity contribution in [2.75, 3.05) is 107 Å². The third-order valence-corrected chi connectivity index (χ3v) is 13.5. The molecule has 0 aliphatic rings. The minimum atomic E-state index is -0.403. The number of nitrogens with one attached hydrogen (secondary N) is 2. The first kappa shape index (κ1) is 63.4. The van der Waals surface area contributed by atoms with E-state index in [0.717, 1.165) is 34.9 Å². The lowest BCUT2D eigenvalue weighted by Crippen LogP contribution is -2.43. The fraction of sp³-hybridized carbons (Fsp3) is 0.964. The largest absolute Gasteiger partial charge is 0.447 e. The van der Waals surface area contributed by atoms with E-state index in [1.807, 2.05) is 0 Å². The number of amides is 2. The van der Waals surface area contributed by atoms with Gasteiger partial charge in [0.1, 0.15) is 26.3 Å². The predicted octanol–water partition coefficient (Wildman–Crippen LogP) is 14.0. The van der Waals surface area contributed by atoms with Gasteiger partial charge < -0.3 is 38.5 Å². The lowest BCUT2D eigenvalue weighted by molar-refractivity contribution is -0.891. The van der Waals surface area contributed by atoms with Gasteiger partial charge in [0.15, 0.2) is 0 Å². The van der Waals surface area contributed by atoms with Gasteiger partial charge in [-0.25, -0.2) is 9.59 Å². The highest BCUT2D eigenvalue weighted by Gasteiger charge is 2.21. The molecule has 0 aromatic carbocycles. The number of unbranched alkanes of at least 4 members (excludes halogenated alkanes) is 26. The predicted molar refractivity (Wildman–Crippen MR) is 277 cm³/mol. The standard InChI is InChI=1S/C55H112N4O6/c1-10-12-14-16-18-20-22-24-26-28-30-32-34-36-40-58(6,7)42-44-62-46-48-64-53(60)56-50-52(3)38-39-55(4,5)51-57-54(61)65-49-47-63-45-43-59(8,9)41-37-35-33-31-29-27-25-23-21-19-17-15-13-11-2/h52H,10-51H2,1-9H3/p+2. The topological polar surface area (TPSA) is 95.1 Å². The fourth-order valence-electron chi connectivity index (χ4n) is 8.41. The summed E-state index contributed by atoms with van der Waals surface area (Å²) in [6.07, 6.45) is 39.9. The van der Waals surface area contributed by atoms with E-state index in [-0.39, 0.29) is 24.5 Å². The van der Waals surface area contributed by atoms with Crippen molar-refractivity contribution in [2.24, 2.45) is 11.3 Å². The van der Waals surface area contributed by atoms with Gasteiger partial charge in [0.2, 0.25) is 0 Å². The van der Waals surface area contributed by atoms with Gasteiger partial charge in [-0.15, -0.1) is 0 Å². The summed E-state index contributed by atoms with van der Waals surface area (Å²) in [5.74, 6) is 0.282.